The Morgan fingerprint density at radius 1 is 1.27 bits per heavy atom. The molecule has 3 N–H and O–H groups in total. The van der Waals surface area contributed by atoms with Crippen LogP contribution >= 0.6 is 11.5 Å². The number of hydrogen-bond donors (Lipinski definition) is 2. The predicted octanol–water partition coefficient (Wildman–Crippen LogP) is 1.71. The van der Waals surface area contributed by atoms with Gasteiger partial charge in [-0.1, -0.05) is 0 Å². The predicted molar refractivity (Wildman–Crippen MR) is 61.1 cm³/mol. The lowest BCUT2D eigenvalue weighted by atomic mass is 10.2. The molecule has 2 aliphatic carbocycles. The van der Waals surface area contributed by atoms with Gasteiger partial charge in [-0.3, -0.25) is 0 Å². The third kappa shape index (κ3) is 1.99. The fourth-order valence-electron chi connectivity index (χ4n) is 2.13. The van der Waals surface area contributed by atoms with Crippen molar-refractivity contribution in [3.8, 4) is 0 Å². The van der Waals surface area contributed by atoms with Crippen molar-refractivity contribution >= 4 is 16.7 Å². The van der Waals surface area contributed by atoms with Gasteiger partial charge in [0.1, 0.15) is 5.82 Å². The summed E-state index contributed by atoms with van der Waals surface area (Å²) in [7, 11) is 0. The number of nitrogens with one attached hydrogen (secondary N) is 1. The summed E-state index contributed by atoms with van der Waals surface area (Å²) in [5.74, 6) is 1.68. The zero-order valence-electron chi connectivity index (χ0n) is 8.65. The smallest absolute Gasteiger partial charge is 0.202 e. The van der Waals surface area contributed by atoms with Gasteiger partial charge in [-0.05, 0) is 32.1 Å². The summed E-state index contributed by atoms with van der Waals surface area (Å²) in [6.07, 6.45) is 6.05. The van der Waals surface area contributed by atoms with Crippen molar-refractivity contribution in [2.45, 2.75) is 50.1 Å². The van der Waals surface area contributed by atoms with Gasteiger partial charge < -0.3 is 11.1 Å². The van der Waals surface area contributed by atoms with Crippen LogP contribution in [0.25, 0.3) is 0 Å². The van der Waals surface area contributed by atoms with Crippen LogP contribution in [0.1, 0.15) is 43.8 Å². The van der Waals surface area contributed by atoms with E-state index in [0.29, 0.717) is 18.0 Å². The van der Waals surface area contributed by atoms with E-state index in [1.165, 1.54) is 37.2 Å². The number of nitrogens with zero attached hydrogens (tertiary/aromatic N) is 2. The highest BCUT2D eigenvalue weighted by molar-refractivity contribution is 7.09. The van der Waals surface area contributed by atoms with Crippen LogP contribution in [0.3, 0.4) is 0 Å². The SMILES string of the molecule is NC1CCCC1Nc1nc(C2CC2)ns1. The molecule has 82 valence electrons. The number of rotatable bonds is 3. The van der Waals surface area contributed by atoms with Crippen LogP contribution in [0.15, 0.2) is 0 Å². The van der Waals surface area contributed by atoms with Gasteiger partial charge in [0.05, 0.1) is 0 Å². The van der Waals surface area contributed by atoms with Gasteiger partial charge >= 0.3 is 0 Å². The number of nitrogens with two attached hydrogens (primary N) is 1. The van der Waals surface area contributed by atoms with Gasteiger partial charge in [0.15, 0.2) is 0 Å². The molecule has 1 aromatic heterocycles. The fourth-order valence-corrected chi connectivity index (χ4v) is 2.84. The minimum Gasteiger partial charge on any atom is -0.356 e. The Labute approximate surface area is 93.4 Å². The molecule has 3 rings (SSSR count). The van der Waals surface area contributed by atoms with Crippen molar-refractivity contribution in [1.29, 1.82) is 0 Å². The van der Waals surface area contributed by atoms with E-state index in [4.69, 9.17) is 5.73 Å². The quantitative estimate of drug-likeness (QED) is 0.820. The Morgan fingerprint density at radius 2 is 2.13 bits per heavy atom. The molecule has 1 aromatic rings. The first kappa shape index (κ1) is 9.54. The summed E-state index contributed by atoms with van der Waals surface area (Å²) in [4.78, 5) is 4.51. The zero-order valence-corrected chi connectivity index (χ0v) is 9.46. The van der Waals surface area contributed by atoms with Crippen molar-refractivity contribution in [2.24, 2.45) is 5.73 Å². The standard InChI is InChI=1S/C10H16N4S/c11-7-2-1-3-8(7)12-10-13-9(14-15-10)6-4-5-6/h6-8H,1-5,11H2,(H,12,13,14). The van der Waals surface area contributed by atoms with E-state index < -0.39 is 0 Å². The van der Waals surface area contributed by atoms with Crippen LogP contribution in [-0.2, 0) is 0 Å². The van der Waals surface area contributed by atoms with Crippen molar-refractivity contribution in [2.75, 3.05) is 5.32 Å². The van der Waals surface area contributed by atoms with Crippen molar-refractivity contribution in [3.05, 3.63) is 5.82 Å². The molecule has 2 unspecified atom stereocenters. The first-order valence-corrected chi connectivity index (χ1v) is 6.46. The molecule has 2 fully saturated rings. The summed E-state index contributed by atoms with van der Waals surface area (Å²) < 4.78 is 4.37. The molecule has 2 atom stereocenters. The second-order valence-electron chi connectivity index (χ2n) is 4.58. The normalized spacial score (nSPS) is 30.7. The Kier molecular flexibility index (Phi) is 2.36. The average molecular weight is 224 g/mol. The van der Waals surface area contributed by atoms with E-state index in [2.05, 4.69) is 14.7 Å². The maximum atomic E-state index is 6.00. The molecule has 2 aliphatic rings. The molecular formula is C10H16N4S. The summed E-state index contributed by atoms with van der Waals surface area (Å²) >= 11 is 1.48. The monoisotopic (exact) mass is 224 g/mol. The highest BCUT2D eigenvalue weighted by Gasteiger charge is 2.29. The van der Waals surface area contributed by atoms with Gasteiger partial charge in [0.2, 0.25) is 5.13 Å². The molecule has 1 heterocycles. The van der Waals surface area contributed by atoms with Gasteiger partial charge in [0.25, 0.3) is 0 Å². The van der Waals surface area contributed by atoms with Crippen LogP contribution < -0.4 is 11.1 Å². The van der Waals surface area contributed by atoms with Gasteiger partial charge in [0, 0.05) is 29.5 Å². The molecular weight excluding hydrogens is 208 g/mol. The third-order valence-corrected chi connectivity index (χ3v) is 3.92. The maximum Gasteiger partial charge on any atom is 0.202 e. The van der Waals surface area contributed by atoms with E-state index >= 15 is 0 Å². The van der Waals surface area contributed by atoms with Crippen LogP contribution in [0.4, 0.5) is 5.13 Å². The second kappa shape index (κ2) is 3.72. The summed E-state index contributed by atoms with van der Waals surface area (Å²) in [6, 6.07) is 0.697. The minimum atomic E-state index is 0.290. The highest BCUT2D eigenvalue weighted by atomic mass is 32.1. The zero-order chi connectivity index (χ0) is 10.3. The van der Waals surface area contributed by atoms with E-state index in [1.54, 1.807) is 0 Å². The van der Waals surface area contributed by atoms with E-state index in [-0.39, 0.29) is 0 Å². The Balaban J connectivity index is 1.65. The molecule has 15 heavy (non-hydrogen) atoms. The molecule has 0 aliphatic heterocycles. The molecule has 0 radical (unpaired) electrons. The number of anilines is 1. The Hall–Kier alpha value is -0.680. The molecule has 0 saturated heterocycles. The topological polar surface area (TPSA) is 63.8 Å². The molecule has 4 nitrogen and oxygen atoms in total. The molecule has 0 aromatic carbocycles. The summed E-state index contributed by atoms with van der Waals surface area (Å²) in [6.45, 7) is 0. The number of aromatic nitrogens is 2. The lowest BCUT2D eigenvalue weighted by Gasteiger charge is -2.15. The van der Waals surface area contributed by atoms with Crippen LogP contribution in [0.5, 0.6) is 0 Å². The largest absolute Gasteiger partial charge is 0.356 e. The minimum absolute atomic E-state index is 0.290. The van der Waals surface area contributed by atoms with E-state index in [0.717, 1.165) is 17.4 Å². The molecule has 2 saturated carbocycles. The van der Waals surface area contributed by atoms with Gasteiger partial charge in [-0.2, -0.15) is 4.37 Å². The van der Waals surface area contributed by atoms with Crippen molar-refractivity contribution < 1.29 is 0 Å². The van der Waals surface area contributed by atoms with E-state index in [1.807, 2.05) is 0 Å². The molecule has 0 spiro atoms. The fraction of sp³-hybridized carbons (Fsp3) is 0.800. The van der Waals surface area contributed by atoms with E-state index in [9.17, 15) is 0 Å². The summed E-state index contributed by atoms with van der Waals surface area (Å²) in [5, 5.41) is 4.37. The highest BCUT2D eigenvalue weighted by Crippen LogP contribution is 2.39. The summed E-state index contributed by atoms with van der Waals surface area (Å²) in [5.41, 5.74) is 6.00. The lowest BCUT2D eigenvalue weighted by molar-refractivity contribution is 0.637. The Morgan fingerprint density at radius 3 is 2.80 bits per heavy atom. The Bertz CT molecular complexity index is 347. The number of hydrogen-bond acceptors (Lipinski definition) is 5. The van der Waals surface area contributed by atoms with Crippen molar-refractivity contribution in [1.82, 2.24) is 9.36 Å². The second-order valence-corrected chi connectivity index (χ2v) is 5.33. The van der Waals surface area contributed by atoms with Gasteiger partial charge in [-0.15, -0.1) is 0 Å². The van der Waals surface area contributed by atoms with Crippen LogP contribution in [0, 0.1) is 0 Å². The lowest BCUT2D eigenvalue weighted by Crippen LogP contribution is -2.35. The molecule has 5 heteroatoms. The maximum absolute atomic E-state index is 6.00. The third-order valence-electron chi connectivity index (χ3n) is 3.26. The van der Waals surface area contributed by atoms with Crippen molar-refractivity contribution in [3.63, 3.8) is 0 Å². The first-order valence-electron chi connectivity index (χ1n) is 5.68. The average Bonchev–Trinajstić information content (AvgIpc) is 2.86. The molecule has 0 bridgehead atoms. The van der Waals surface area contributed by atoms with Crippen LogP contribution in [0.2, 0.25) is 0 Å². The molecule has 0 amide bonds. The van der Waals surface area contributed by atoms with Crippen LogP contribution in [-0.4, -0.2) is 21.4 Å². The first-order chi connectivity index (χ1) is 7.33. The van der Waals surface area contributed by atoms with Gasteiger partial charge in [-0.25, -0.2) is 4.98 Å².